The van der Waals surface area contributed by atoms with Crippen molar-refractivity contribution in [3.63, 3.8) is 0 Å². The molecule has 5 heteroatoms. The lowest BCUT2D eigenvalue weighted by Crippen LogP contribution is -2.33. The molecule has 1 aromatic carbocycles. The van der Waals surface area contributed by atoms with Gasteiger partial charge in [0.05, 0.1) is 6.61 Å². The molecule has 1 rings (SSSR count). The van der Waals surface area contributed by atoms with Gasteiger partial charge in [0.2, 0.25) is 0 Å². The minimum atomic E-state index is -0.558. The van der Waals surface area contributed by atoms with Gasteiger partial charge in [-0.3, -0.25) is 0 Å². The van der Waals surface area contributed by atoms with Crippen molar-refractivity contribution in [3.8, 4) is 5.75 Å². The molecule has 0 aromatic heterocycles. The molecule has 120 valence electrons. The van der Waals surface area contributed by atoms with Crippen molar-refractivity contribution in [2.24, 2.45) is 0 Å². The number of benzene rings is 1. The number of nitrogens with one attached hydrogen (secondary N) is 1. The molecule has 4 nitrogen and oxygen atoms in total. The van der Waals surface area contributed by atoms with Crippen molar-refractivity contribution in [2.75, 3.05) is 33.4 Å². The third-order valence-corrected chi connectivity index (χ3v) is 3.61. The highest BCUT2D eigenvalue weighted by Gasteiger charge is 2.13. The van der Waals surface area contributed by atoms with Crippen molar-refractivity contribution in [1.82, 2.24) is 5.32 Å². The zero-order valence-corrected chi connectivity index (χ0v) is 14.0. The number of hydrogen-bond acceptors (Lipinski definition) is 4. The van der Waals surface area contributed by atoms with Crippen LogP contribution in [0.4, 0.5) is 0 Å². The number of aliphatic hydroxyl groups is 1. The molecule has 0 fully saturated rings. The minimum Gasteiger partial charge on any atom is -0.491 e. The predicted molar refractivity (Wildman–Crippen MR) is 86.5 cm³/mol. The van der Waals surface area contributed by atoms with Crippen LogP contribution in [0.3, 0.4) is 0 Å². The summed E-state index contributed by atoms with van der Waals surface area (Å²) in [5.41, 5.74) is 2.04. The summed E-state index contributed by atoms with van der Waals surface area (Å²) in [5, 5.41) is 13.8. The van der Waals surface area contributed by atoms with Gasteiger partial charge >= 0.3 is 0 Å². The van der Waals surface area contributed by atoms with Gasteiger partial charge in [0.1, 0.15) is 18.5 Å². The molecule has 0 aliphatic rings. The summed E-state index contributed by atoms with van der Waals surface area (Å²) in [5.74, 6) is 1.11. The van der Waals surface area contributed by atoms with E-state index in [1.165, 1.54) is 0 Å². The first-order valence-corrected chi connectivity index (χ1v) is 7.64. The quantitative estimate of drug-likeness (QED) is 0.688. The molecular formula is C16H26ClNO3. The van der Waals surface area contributed by atoms with Crippen molar-refractivity contribution < 1.29 is 14.6 Å². The Balaban J connectivity index is 2.56. The molecule has 0 aliphatic carbocycles. The maximum Gasteiger partial charge on any atom is 0.123 e. The van der Waals surface area contributed by atoms with E-state index in [-0.39, 0.29) is 6.61 Å². The van der Waals surface area contributed by atoms with Gasteiger partial charge in [0.15, 0.2) is 0 Å². The Hall–Kier alpha value is -0.810. The summed E-state index contributed by atoms with van der Waals surface area (Å²) < 4.78 is 10.7. The SMILES string of the molecule is COCCNCC(O)COc1cc(C)c(Cl)cc1C(C)C. The Kier molecular flexibility index (Phi) is 8.04. The zero-order chi connectivity index (χ0) is 15.8. The second-order valence-electron chi connectivity index (χ2n) is 5.46. The molecule has 1 aromatic rings. The Morgan fingerprint density at radius 3 is 2.67 bits per heavy atom. The second-order valence-corrected chi connectivity index (χ2v) is 5.86. The van der Waals surface area contributed by atoms with Crippen molar-refractivity contribution in [2.45, 2.75) is 32.8 Å². The molecule has 1 atom stereocenters. The second kappa shape index (κ2) is 9.26. The van der Waals surface area contributed by atoms with Crippen LogP contribution in [0.5, 0.6) is 5.75 Å². The first-order chi connectivity index (χ1) is 9.95. The highest BCUT2D eigenvalue weighted by Crippen LogP contribution is 2.32. The highest BCUT2D eigenvalue weighted by molar-refractivity contribution is 6.31. The van der Waals surface area contributed by atoms with Gasteiger partial charge in [-0.1, -0.05) is 25.4 Å². The van der Waals surface area contributed by atoms with Crippen LogP contribution in [0.2, 0.25) is 5.02 Å². The average Bonchev–Trinajstić information content (AvgIpc) is 2.44. The topological polar surface area (TPSA) is 50.7 Å². The normalized spacial score (nSPS) is 12.7. The lowest BCUT2D eigenvalue weighted by molar-refractivity contribution is 0.103. The van der Waals surface area contributed by atoms with Gasteiger partial charge in [-0.2, -0.15) is 0 Å². The van der Waals surface area contributed by atoms with E-state index in [9.17, 15) is 5.11 Å². The van der Waals surface area contributed by atoms with Gasteiger partial charge in [-0.15, -0.1) is 0 Å². The smallest absolute Gasteiger partial charge is 0.123 e. The number of rotatable bonds is 9. The highest BCUT2D eigenvalue weighted by atomic mass is 35.5. The van der Waals surface area contributed by atoms with E-state index in [4.69, 9.17) is 21.1 Å². The van der Waals surface area contributed by atoms with Crippen molar-refractivity contribution in [1.29, 1.82) is 0 Å². The van der Waals surface area contributed by atoms with Gasteiger partial charge in [0, 0.05) is 25.2 Å². The molecule has 0 saturated carbocycles. The number of methoxy groups -OCH3 is 1. The summed E-state index contributed by atoms with van der Waals surface area (Å²) in [4.78, 5) is 0. The standard InChI is InChI=1S/C16H26ClNO3/c1-11(2)14-8-15(17)12(3)7-16(14)21-10-13(19)9-18-5-6-20-4/h7-8,11,13,18-19H,5-6,9-10H2,1-4H3. The Morgan fingerprint density at radius 1 is 1.33 bits per heavy atom. The van der Waals surface area contributed by atoms with Crippen molar-refractivity contribution in [3.05, 3.63) is 28.3 Å². The van der Waals surface area contributed by atoms with Gasteiger partial charge in [0.25, 0.3) is 0 Å². The van der Waals surface area contributed by atoms with E-state index in [1.807, 2.05) is 19.1 Å². The Labute approximate surface area is 132 Å². The van der Waals surface area contributed by atoms with Crippen LogP contribution in [-0.4, -0.2) is 44.6 Å². The minimum absolute atomic E-state index is 0.251. The fourth-order valence-corrected chi connectivity index (χ4v) is 2.11. The van der Waals surface area contributed by atoms with Crippen LogP contribution < -0.4 is 10.1 Å². The van der Waals surface area contributed by atoms with E-state index in [2.05, 4.69) is 19.2 Å². The van der Waals surface area contributed by atoms with E-state index in [0.29, 0.717) is 25.6 Å². The van der Waals surface area contributed by atoms with Gasteiger partial charge < -0.3 is 19.9 Å². The lowest BCUT2D eigenvalue weighted by atomic mass is 10.0. The Bertz CT molecular complexity index is 438. The maximum absolute atomic E-state index is 9.91. The summed E-state index contributed by atoms with van der Waals surface area (Å²) in [6, 6.07) is 3.88. The zero-order valence-electron chi connectivity index (χ0n) is 13.3. The third-order valence-electron chi connectivity index (χ3n) is 3.21. The summed E-state index contributed by atoms with van der Waals surface area (Å²) in [7, 11) is 1.65. The first-order valence-electron chi connectivity index (χ1n) is 7.26. The molecule has 0 radical (unpaired) electrons. The van der Waals surface area contributed by atoms with E-state index < -0.39 is 6.10 Å². The third kappa shape index (κ3) is 6.22. The maximum atomic E-state index is 9.91. The van der Waals surface area contributed by atoms with Crippen LogP contribution in [-0.2, 0) is 4.74 Å². The largest absolute Gasteiger partial charge is 0.491 e. The first kappa shape index (κ1) is 18.2. The summed E-state index contributed by atoms with van der Waals surface area (Å²) in [6.45, 7) is 8.20. The summed E-state index contributed by atoms with van der Waals surface area (Å²) in [6.07, 6.45) is -0.558. The van der Waals surface area contributed by atoms with Crippen LogP contribution in [0.25, 0.3) is 0 Å². The number of ether oxygens (including phenoxy) is 2. The molecule has 2 N–H and O–H groups in total. The number of hydrogen-bond donors (Lipinski definition) is 2. The van der Waals surface area contributed by atoms with Gasteiger partial charge in [-0.25, -0.2) is 0 Å². The van der Waals surface area contributed by atoms with Crippen LogP contribution in [0.15, 0.2) is 12.1 Å². The Morgan fingerprint density at radius 2 is 2.05 bits per heavy atom. The van der Waals surface area contributed by atoms with E-state index in [0.717, 1.165) is 21.9 Å². The van der Waals surface area contributed by atoms with E-state index in [1.54, 1.807) is 7.11 Å². The molecular weight excluding hydrogens is 290 g/mol. The lowest BCUT2D eigenvalue weighted by Gasteiger charge is -2.18. The van der Waals surface area contributed by atoms with Crippen LogP contribution in [0.1, 0.15) is 30.9 Å². The molecule has 0 spiro atoms. The average molecular weight is 316 g/mol. The van der Waals surface area contributed by atoms with E-state index >= 15 is 0 Å². The summed E-state index contributed by atoms with van der Waals surface area (Å²) >= 11 is 6.16. The molecule has 0 saturated heterocycles. The molecule has 0 bridgehead atoms. The molecule has 0 aliphatic heterocycles. The molecule has 21 heavy (non-hydrogen) atoms. The van der Waals surface area contributed by atoms with Crippen LogP contribution >= 0.6 is 11.6 Å². The fraction of sp³-hybridized carbons (Fsp3) is 0.625. The molecule has 1 unspecified atom stereocenters. The van der Waals surface area contributed by atoms with Crippen LogP contribution in [0, 0.1) is 6.92 Å². The van der Waals surface area contributed by atoms with Gasteiger partial charge in [-0.05, 0) is 36.1 Å². The number of halogens is 1. The number of aryl methyl sites for hydroxylation is 1. The molecule has 0 heterocycles. The number of aliphatic hydroxyl groups excluding tert-OH is 1. The predicted octanol–water partition coefficient (Wildman–Crippen LogP) is 2.75. The fourth-order valence-electron chi connectivity index (χ4n) is 1.93. The van der Waals surface area contributed by atoms with Crippen molar-refractivity contribution >= 4 is 11.6 Å². The monoisotopic (exact) mass is 315 g/mol. The molecule has 0 amide bonds.